The molecule has 0 saturated carbocycles. The summed E-state index contributed by atoms with van der Waals surface area (Å²) in [5.74, 6) is -0.399. The Morgan fingerprint density at radius 3 is 2.85 bits per heavy atom. The molecule has 132 valence electrons. The van der Waals surface area contributed by atoms with Gasteiger partial charge in [-0.25, -0.2) is 0 Å². The molecule has 26 heavy (non-hydrogen) atoms. The predicted molar refractivity (Wildman–Crippen MR) is 102 cm³/mol. The van der Waals surface area contributed by atoms with Gasteiger partial charge in [-0.05, 0) is 42.5 Å². The number of aliphatic imine (C=N–C) groups is 1. The van der Waals surface area contributed by atoms with Gasteiger partial charge in [0.05, 0.1) is 18.2 Å². The minimum atomic E-state index is -0.399. The summed E-state index contributed by atoms with van der Waals surface area (Å²) in [6, 6.07) is 10.5. The Hall–Kier alpha value is -3.12. The summed E-state index contributed by atoms with van der Waals surface area (Å²) in [6.07, 6.45) is 8.67. The van der Waals surface area contributed by atoms with Crippen LogP contribution < -0.4 is 16.4 Å². The first-order chi connectivity index (χ1) is 12.7. The van der Waals surface area contributed by atoms with E-state index in [-0.39, 0.29) is 12.2 Å². The molecule has 1 aromatic carbocycles. The second kappa shape index (κ2) is 6.65. The number of hydrogen-bond donors (Lipinski definition) is 3. The zero-order chi connectivity index (χ0) is 18.1. The molecule has 1 fully saturated rings. The van der Waals surface area contributed by atoms with Gasteiger partial charge in [0.15, 0.2) is 0 Å². The number of rotatable bonds is 5. The average Bonchev–Trinajstić information content (AvgIpc) is 3.28. The summed E-state index contributed by atoms with van der Waals surface area (Å²) in [6.45, 7) is 4.15. The van der Waals surface area contributed by atoms with Gasteiger partial charge in [0, 0.05) is 23.8 Å². The van der Waals surface area contributed by atoms with Crippen LogP contribution in [0.3, 0.4) is 0 Å². The molecule has 1 aromatic heterocycles. The third-order valence-electron chi connectivity index (χ3n) is 4.80. The van der Waals surface area contributed by atoms with E-state index in [1.54, 1.807) is 6.08 Å². The molecule has 0 bridgehead atoms. The third kappa shape index (κ3) is 2.95. The number of carbonyl (C=O) groups excluding carboxylic acids is 1. The van der Waals surface area contributed by atoms with Crippen molar-refractivity contribution in [3.05, 3.63) is 77.3 Å². The zero-order valence-corrected chi connectivity index (χ0v) is 14.4. The molecule has 0 radical (unpaired) electrons. The van der Waals surface area contributed by atoms with Crippen molar-refractivity contribution in [2.75, 3.05) is 0 Å². The van der Waals surface area contributed by atoms with Crippen LogP contribution in [0.5, 0.6) is 0 Å². The van der Waals surface area contributed by atoms with Crippen molar-refractivity contribution in [1.29, 1.82) is 0 Å². The molecule has 2 aromatic rings. The minimum Gasteiger partial charge on any atom is -0.367 e. The van der Waals surface area contributed by atoms with Crippen LogP contribution in [0, 0.1) is 0 Å². The number of primary amides is 1. The highest BCUT2D eigenvalue weighted by atomic mass is 16.1. The van der Waals surface area contributed by atoms with Gasteiger partial charge < -0.3 is 15.6 Å². The van der Waals surface area contributed by atoms with Crippen molar-refractivity contribution in [1.82, 2.24) is 15.2 Å². The van der Waals surface area contributed by atoms with Crippen molar-refractivity contribution in [3.63, 3.8) is 0 Å². The molecule has 1 aliphatic carbocycles. The highest BCUT2D eigenvalue weighted by Crippen LogP contribution is 2.28. The Balaban J connectivity index is 1.54. The Morgan fingerprint density at radius 1 is 1.31 bits per heavy atom. The van der Waals surface area contributed by atoms with Crippen LogP contribution in [0.1, 0.15) is 23.7 Å². The number of fused-ring (bicyclic) bond motifs is 1. The molecule has 1 amide bonds. The van der Waals surface area contributed by atoms with E-state index >= 15 is 0 Å². The number of nitrogens with one attached hydrogen (secondary N) is 2. The second-order valence-electron chi connectivity index (χ2n) is 6.53. The first kappa shape index (κ1) is 16.4. The molecule has 2 unspecified atom stereocenters. The molecular formula is C20H21N5O. The van der Waals surface area contributed by atoms with Gasteiger partial charge in [0.2, 0.25) is 0 Å². The lowest BCUT2D eigenvalue weighted by Crippen LogP contribution is -2.28. The fraction of sp³-hybridized carbons (Fsp3) is 0.200. The van der Waals surface area contributed by atoms with Gasteiger partial charge in [-0.3, -0.25) is 15.1 Å². The fourth-order valence-corrected chi connectivity index (χ4v) is 3.50. The van der Waals surface area contributed by atoms with Crippen LogP contribution in [0.15, 0.2) is 71.1 Å². The van der Waals surface area contributed by atoms with Crippen molar-refractivity contribution < 1.29 is 4.79 Å². The van der Waals surface area contributed by atoms with E-state index in [9.17, 15) is 4.79 Å². The number of carbonyl (C=O) groups is 1. The molecule has 2 heterocycles. The van der Waals surface area contributed by atoms with Gasteiger partial charge in [-0.15, -0.1) is 0 Å². The SMILES string of the molecule is C=NCc1ccn(-c2ccc(C3NC4=C(C(N)=O)C=CCC4N3)cc2)c1. The monoisotopic (exact) mass is 347 g/mol. The largest absolute Gasteiger partial charge is 0.367 e. The quantitative estimate of drug-likeness (QED) is 0.723. The van der Waals surface area contributed by atoms with Crippen molar-refractivity contribution >= 4 is 12.6 Å². The summed E-state index contributed by atoms with van der Waals surface area (Å²) < 4.78 is 2.07. The second-order valence-corrected chi connectivity index (χ2v) is 6.53. The molecule has 4 N–H and O–H groups in total. The molecule has 6 nitrogen and oxygen atoms in total. The molecule has 2 atom stereocenters. The maximum absolute atomic E-state index is 11.6. The lowest BCUT2D eigenvalue weighted by Gasteiger charge is -2.15. The Bertz CT molecular complexity index is 907. The van der Waals surface area contributed by atoms with E-state index in [1.807, 2.05) is 18.3 Å². The van der Waals surface area contributed by atoms with Crippen LogP contribution in [0.4, 0.5) is 0 Å². The number of benzene rings is 1. The van der Waals surface area contributed by atoms with Gasteiger partial charge in [0.25, 0.3) is 5.91 Å². The first-order valence-electron chi connectivity index (χ1n) is 8.58. The van der Waals surface area contributed by atoms with E-state index in [0.717, 1.165) is 28.9 Å². The third-order valence-corrected chi connectivity index (χ3v) is 4.80. The molecule has 0 spiro atoms. The van der Waals surface area contributed by atoms with Crippen molar-refractivity contribution in [3.8, 4) is 5.69 Å². The Kier molecular flexibility index (Phi) is 4.18. The number of hydrogen-bond acceptors (Lipinski definition) is 4. The first-order valence-corrected chi connectivity index (χ1v) is 8.58. The van der Waals surface area contributed by atoms with E-state index in [2.05, 4.69) is 57.4 Å². The maximum Gasteiger partial charge on any atom is 0.250 e. The summed E-state index contributed by atoms with van der Waals surface area (Å²) in [5, 5.41) is 6.93. The zero-order valence-electron chi connectivity index (χ0n) is 14.4. The van der Waals surface area contributed by atoms with E-state index in [0.29, 0.717) is 12.1 Å². The highest BCUT2D eigenvalue weighted by Gasteiger charge is 2.32. The molecule has 6 heteroatoms. The van der Waals surface area contributed by atoms with Crippen LogP contribution >= 0.6 is 0 Å². The fourth-order valence-electron chi connectivity index (χ4n) is 3.50. The molecule has 4 rings (SSSR count). The Morgan fingerprint density at radius 2 is 2.12 bits per heavy atom. The van der Waals surface area contributed by atoms with Gasteiger partial charge in [-0.2, -0.15) is 0 Å². The minimum absolute atomic E-state index is 0.0384. The topological polar surface area (TPSA) is 84.4 Å². The van der Waals surface area contributed by atoms with Gasteiger partial charge >= 0.3 is 0 Å². The normalized spacial score (nSPS) is 21.4. The van der Waals surface area contributed by atoms with Crippen LogP contribution in [-0.2, 0) is 11.3 Å². The number of nitrogens with zero attached hydrogens (tertiary/aromatic N) is 2. The van der Waals surface area contributed by atoms with E-state index in [4.69, 9.17) is 5.73 Å². The predicted octanol–water partition coefficient (Wildman–Crippen LogP) is 1.94. The smallest absolute Gasteiger partial charge is 0.250 e. The van der Waals surface area contributed by atoms with E-state index in [1.165, 1.54) is 0 Å². The van der Waals surface area contributed by atoms with Gasteiger partial charge in [0.1, 0.15) is 6.17 Å². The number of aromatic nitrogens is 1. The lowest BCUT2D eigenvalue weighted by atomic mass is 9.99. The molecule has 2 aliphatic rings. The maximum atomic E-state index is 11.6. The number of nitrogens with two attached hydrogens (primary N) is 1. The van der Waals surface area contributed by atoms with Crippen molar-refractivity contribution in [2.24, 2.45) is 10.7 Å². The average molecular weight is 347 g/mol. The summed E-state index contributed by atoms with van der Waals surface area (Å²) in [7, 11) is 0. The standard InChI is InChI=1S/C20H21N5O/c1-22-11-13-9-10-25(12-13)15-7-5-14(6-8-15)20-23-17-4-2-3-16(19(21)26)18(17)24-20/h2-3,5-10,12,17,20,23-24H,1,4,11H2,(H2,21,26). The summed E-state index contributed by atoms with van der Waals surface area (Å²) >= 11 is 0. The van der Waals surface area contributed by atoms with Crippen LogP contribution in [0.2, 0.25) is 0 Å². The molecular weight excluding hydrogens is 326 g/mol. The highest BCUT2D eigenvalue weighted by molar-refractivity contribution is 5.96. The van der Waals surface area contributed by atoms with Crippen LogP contribution in [-0.4, -0.2) is 23.2 Å². The van der Waals surface area contributed by atoms with Crippen molar-refractivity contribution in [2.45, 2.75) is 25.2 Å². The summed E-state index contributed by atoms with van der Waals surface area (Å²) in [4.78, 5) is 15.5. The Labute approximate surface area is 152 Å². The van der Waals surface area contributed by atoms with E-state index < -0.39 is 5.91 Å². The van der Waals surface area contributed by atoms with Crippen LogP contribution in [0.25, 0.3) is 5.69 Å². The number of amides is 1. The van der Waals surface area contributed by atoms with Gasteiger partial charge in [-0.1, -0.05) is 24.3 Å². The molecule has 1 saturated heterocycles. The summed E-state index contributed by atoms with van der Waals surface area (Å²) in [5.41, 5.74) is 10.3. The lowest BCUT2D eigenvalue weighted by molar-refractivity contribution is -0.114. The molecule has 1 aliphatic heterocycles.